The van der Waals surface area contributed by atoms with Crippen LogP contribution in [-0.4, -0.2) is 57.5 Å². The third kappa shape index (κ3) is 7.91. The van der Waals surface area contributed by atoms with Crippen LogP contribution in [0.2, 0.25) is 24.2 Å². The molecule has 0 bridgehead atoms. The van der Waals surface area contributed by atoms with Crippen molar-refractivity contribution in [3.8, 4) is 0 Å². The van der Waals surface area contributed by atoms with Gasteiger partial charge in [0, 0.05) is 33.9 Å². The highest BCUT2D eigenvalue weighted by molar-refractivity contribution is 6.74. The molecule has 0 aromatic carbocycles. The molecule has 0 rings (SSSR count). The highest BCUT2D eigenvalue weighted by Gasteiger charge is 2.36. The molecule has 0 saturated heterocycles. The summed E-state index contributed by atoms with van der Waals surface area (Å²) in [5, 5.41) is 3.27. The lowest BCUT2D eigenvalue weighted by Crippen LogP contribution is -2.43. The zero-order chi connectivity index (χ0) is 17.8. The summed E-state index contributed by atoms with van der Waals surface area (Å²) in [5.74, 6) is -0.0656. The maximum Gasteiger partial charge on any atom is 0.500 e. The van der Waals surface area contributed by atoms with Crippen LogP contribution in [0.1, 0.15) is 33.6 Å². The van der Waals surface area contributed by atoms with Crippen molar-refractivity contribution in [2.45, 2.75) is 57.8 Å². The van der Waals surface area contributed by atoms with Crippen LogP contribution in [0.5, 0.6) is 0 Å². The summed E-state index contributed by atoms with van der Waals surface area (Å²) in [5.41, 5.74) is 0. The van der Waals surface area contributed by atoms with Crippen LogP contribution in [0, 0.1) is 0 Å². The largest absolute Gasteiger partial charge is 0.519 e. The smallest absolute Gasteiger partial charge is 0.500 e. The summed E-state index contributed by atoms with van der Waals surface area (Å²) in [4.78, 5) is 12.0. The summed E-state index contributed by atoms with van der Waals surface area (Å²) < 4.78 is 21.9. The third-order valence-electron chi connectivity index (χ3n) is 4.54. The minimum absolute atomic E-state index is 0.0656. The molecule has 0 spiro atoms. The lowest BCUT2D eigenvalue weighted by molar-refractivity contribution is -0.135. The molecule has 0 saturated carbocycles. The Hall–Kier alpha value is -0.256. The predicted molar refractivity (Wildman–Crippen MR) is 97.0 cm³/mol. The molecule has 0 aliphatic rings. The molecule has 0 aliphatic heterocycles. The second-order valence-electron chi connectivity index (χ2n) is 5.62. The molecule has 0 radical (unpaired) electrons. The van der Waals surface area contributed by atoms with Crippen molar-refractivity contribution in [2.75, 3.05) is 34.4 Å². The Labute approximate surface area is 143 Å². The summed E-state index contributed by atoms with van der Waals surface area (Å²) >= 11 is 0. The van der Waals surface area contributed by atoms with E-state index in [1.54, 1.807) is 21.3 Å². The standard InChI is InChI=1S/C15H35NO5Si2/c1-7-22(8-2,9-3)21-15(17)11-13-16-12-10-14-23(18-4,19-5)20-6/h16H,7-14H2,1-6H3. The van der Waals surface area contributed by atoms with Gasteiger partial charge in [-0.15, -0.1) is 0 Å². The zero-order valence-corrected chi connectivity index (χ0v) is 17.7. The molecular weight excluding hydrogens is 330 g/mol. The first-order valence-corrected chi connectivity index (χ1v) is 13.0. The van der Waals surface area contributed by atoms with E-state index in [9.17, 15) is 4.79 Å². The van der Waals surface area contributed by atoms with Gasteiger partial charge in [0.15, 0.2) is 0 Å². The van der Waals surface area contributed by atoms with Crippen molar-refractivity contribution in [1.82, 2.24) is 5.32 Å². The molecule has 6 nitrogen and oxygen atoms in total. The predicted octanol–water partition coefficient (Wildman–Crippen LogP) is 2.78. The Bertz CT molecular complexity index is 306. The maximum atomic E-state index is 12.0. The second kappa shape index (κ2) is 12.2. The average molecular weight is 366 g/mol. The number of carbonyl (C=O) groups is 1. The normalized spacial score (nSPS) is 12.4. The van der Waals surface area contributed by atoms with Gasteiger partial charge in [-0.25, -0.2) is 0 Å². The van der Waals surface area contributed by atoms with Crippen LogP contribution in [-0.2, 0) is 22.5 Å². The third-order valence-corrected chi connectivity index (χ3v) is 11.9. The molecule has 0 heterocycles. The van der Waals surface area contributed by atoms with Crippen molar-refractivity contribution < 1.29 is 22.5 Å². The lowest BCUT2D eigenvalue weighted by Gasteiger charge is -2.27. The SMILES string of the molecule is CC[Si](CC)(CC)OC(=O)CCNCCC[Si](OC)(OC)OC. The monoisotopic (exact) mass is 365 g/mol. The number of hydrogen-bond donors (Lipinski definition) is 1. The van der Waals surface area contributed by atoms with Gasteiger partial charge in [-0.3, -0.25) is 4.79 Å². The minimum Gasteiger partial charge on any atom is -0.519 e. The Kier molecular flexibility index (Phi) is 12.0. The quantitative estimate of drug-likeness (QED) is 0.377. The maximum absolute atomic E-state index is 12.0. The first-order chi connectivity index (χ1) is 11.0. The highest BCUT2D eigenvalue weighted by atomic mass is 28.4. The number of nitrogens with one attached hydrogen (secondary N) is 1. The number of rotatable bonds is 14. The summed E-state index contributed by atoms with van der Waals surface area (Å²) in [6.45, 7) is 7.82. The van der Waals surface area contributed by atoms with Crippen molar-refractivity contribution in [1.29, 1.82) is 0 Å². The fourth-order valence-electron chi connectivity index (χ4n) is 2.56. The van der Waals surface area contributed by atoms with E-state index in [1.165, 1.54) is 0 Å². The molecule has 0 aliphatic carbocycles. The molecule has 0 amide bonds. The summed E-state index contributed by atoms with van der Waals surface area (Å²) in [6.07, 6.45) is 1.31. The molecule has 1 N–H and O–H groups in total. The summed E-state index contributed by atoms with van der Waals surface area (Å²) in [6, 6.07) is 3.75. The fourth-order valence-corrected chi connectivity index (χ4v) is 6.80. The first kappa shape index (κ1) is 22.7. The molecule has 8 heteroatoms. The van der Waals surface area contributed by atoms with Gasteiger partial charge in [0.2, 0.25) is 0 Å². The van der Waals surface area contributed by atoms with Crippen molar-refractivity contribution >= 4 is 23.1 Å². The molecule has 0 aromatic heterocycles. The molecule has 23 heavy (non-hydrogen) atoms. The van der Waals surface area contributed by atoms with Crippen LogP contribution in [0.3, 0.4) is 0 Å². The van der Waals surface area contributed by atoms with Gasteiger partial charge in [0.25, 0.3) is 14.3 Å². The van der Waals surface area contributed by atoms with Crippen LogP contribution >= 0.6 is 0 Å². The minimum atomic E-state index is -2.47. The number of carbonyl (C=O) groups excluding carboxylic acids is 1. The van der Waals surface area contributed by atoms with E-state index in [1.807, 2.05) is 0 Å². The Morgan fingerprint density at radius 1 is 0.913 bits per heavy atom. The van der Waals surface area contributed by atoms with Gasteiger partial charge >= 0.3 is 8.80 Å². The zero-order valence-electron chi connectivity index (χ0n) is 15.7. The van der Waals surface area contributed by atoms with E-state index in [2.05, 4.69) is 26.1 Å². The molecule has 0 atom stereocenters. The Morgan fingerprint density at radius 2 is 1.43 bits per heavy atom. The molecule has 0 unspecified atom stereocenters. The van der Waals surface area contributed by atoms with Gasteiger partial charge in [-0.1, -0.05) is 20.8 Å². The molecule has 0 fully saturated rings. The van der Waals surface area contributed by atoms with Gasteiger partial charge in [-0.2, -0.15) is 0 Å². The van der Waals surface area contributed by atoms with Crippen LogP contribution in [0.25, 0.3) is 0 Å². The van der Waals surface area contributed by atoms with E-state index >= 15 is 0 Å². The van der Waals surface area contributed by atoms with E-state index < -0.39 is 17.1 Å². The first-order valence-electron chi connectivity index (χ1n) is 8.55. The van der Waals surface area contributed by atoms with E-state index in [0.29, 0.717) is 13.0 Å². The van der Waals surface area contributed by atoms with Crippen molar-refractivity contribution in [3.63, 3.8) is 0 Å². The average Bonchev–Trinajstić information content (AvgIpc) is 2.60. The highest BCUT2D eigenvalue weighted by Crippen LogP contribution is 2.22. The van der Waals surface area contributed by atoms with Crippen LogP contribution in [0.4, 0.5) is 0 Å². The second-order valence-corrected chi connectivity index (χ2v) is 13.4. The molecule has 138 valence electrons. The van der Waals surface area contributed by atoms with Gasteiger partial charge < -0.3 is 23.0 Å². The molecular formula is C15H35NO5Si2. The number of hydrogen-bond acceptors (Lipinski definition) is 6. The van der Waals surface area contributed by atoms with E-state index in [4.69, 9.17) is 17.7 Å². The van der Waals surface area contributed by atoms with Crippen molar-refractivity contribution in [2.24, 2.45) is 0 Å². The van der Waals surface area contributed by atoms with Gasteiger partial charge in [0.05, 0.1) is 6.42 Å². The van der Waals surface area contributed by atoms with Crippen LogP contribution in [0.15, 0.2) is 0 Å². The van der Waals surface area contributed by atoms with Crippen molar-refractivity contribution in [3.05, 3.63) is 0 Å². The van der Waals surface area contributed by atoms with Gasteiger partial charge in [0.1, 0.15) is 0 Å². The van der Waals surface area contributed by atoms with Gasteiger partial charge in [-0.05, 0) is 31.1 Å². The topological polar surface area (TPSA) is 66.0 Å². The van der Waals surface area contributed by atoms with E-state index in [0.717, 1.165) is 37.1 Å². The lowest BCUT2D eigenvalue weighted by atomic mass is 10.4. The Balaban J connectivity index is 3.94. The summed E-state index contributed by atoms with van der Waals surface area (Å²) in [7, 11) is 0.568. The fraction of sp³-hybridized carbons (Fsp3) is 0.933. The Morgan fingerprint density at radius 3 is 1.87 bits per heavy atom. The van der Waals surface area contributed by atoms with E-state index in [-0.39, 0.29) is 5.97 Å². The van der Waals surface area contributed by atoms with Crippen LogP contribution < -0.4 is 5.32 Å². The molecule has 0 aromatic rings.